The molecule has 0 bridgehead atoms. The number of anilines is 1. The predicted octanol–water partition coefficient (Wildman–Crippen LogP) is 9.54. The molecule has 0 aliphatic rings. The van der Waals surface area contributed by atoms with Crippen LogP contribution in [0.4, 0.5) is 5.69 Å². The van der Waals surface area contributed by atoms with Crippen molar-refractivity contribution in [2.24, 2.45) is 0 Å². The molecule has 0 saturated heterocycles. The van der Waals surface area contributed by atoms with Crippen LogP contribution < -0.4 is 20.9 Å². The molecule has 0 N–H and O–H groups in total. The molecule has 51 heavy (non-hydrogen) atoms. The van der Waals surface area contributed by atoms with Crippen LogP contribution >= 0.6 is 11.3 Å². The van der Waals surface area contributed by atoms with E-state index < -0.39 is 11.3 Å². The van der Waals surface area contributed by atoms with E-state index in [1.807, 2.05) is 61.5 Å². The Balaban J connectivity index is 1.13. The van der Waals surface area contributed by atoms with Gasteiger partial charge in [0.2, 0.25) is 0 Å². The van der Waals surface area contributed by atoms with E-state index >= 15 is 0 Å². The summed E-state index contributed by atoms with van der Waals surface area (Å²) in [6.45, 7) is 8.26. The van der Waals surface area contributed by atoms with Crippen molar-refractivity contribution in [3.05, 3.63) is 112 Å². The molecular formula is C41H38N4O5S. The van der Waals surface area contributed by atoms with Crippen LogP contribution in [0.5, 0.6) is 5.75 Å². The number of methoxy groups -OCH3 is 1. The third kappa shape index (κ3) is 7.05. The summed E-state index contributed by atoms with van der Waals surface area (Å²) in [7, 11) is 1.60. The summed E-state index contributed by atoms with van der Waals surface area (Å²) in [4.78, 5) is 43.9. The van der Waals surface area contributed by atoms with Gasteiger partial charge >= 0.3 is 11.3 Å². The van der Waals surface area contributed by atoms with Crippen molar-refractivity contribution < 1.29 is 13.6 Å². The molecule has 5 aromatic heterocycles. The van der Waals surface area contributed by atoms with Crippen molar-refractivity contribution in [2.75, 3.05) is 25.1 Å². The van der Waals surface area contributed by atoms with Crippen LogP contribution in [0.3, 0.4) is 0 Å². The highest BCUT2D eigenvalue weighted by atomic mass is 32.1. The van der Waals surface area contributed by atoms with E-state index in [0.717, 1.165) is 81.7 Å². The van der Waals surface area contributed by atoms with Crippen LogP contribution in [0.1, 0.15) is 45.1 Å². The highest BCUT2D eigenvalue weighted by Crippen LogP contribution is 2.37. The Bertz CT molecular complexity index is 2460. The number of benzene rings is 2. The second-order valence-electron chi connectivity index (χ2n) is 12.6. The molecule has 0 atom stereocenters. The van der Waals surface area contributed by atoms with Crippen molar-refractivity contribution in [3.8, 4) is 49.1 Å². The van der Waals surface area contributed by atoms with Crippen molar-refractivity contribution in [3.63, 3.8) is 0 Å². The Morgan fingerprint density at radius 1 is 0.725 bits per heavy atom. The third-order valence-corrected chi connectivity index (χ3v) is 10.1. The fourth-order valence-corrected chi connectivity index (χ4v) is 7.16. The lowest BCUT2D eigenvalue weighted by molar-refractivity contribution is 0.418. The fourth-order valence-electron chi connectivity index (χ4n) is 6.17. The predicted molar refractivity (Wildman–Crippen MR) is 205 cm³/mol. The van der Waals surface area contributed by atoms with Gasteiger partial charge in [-0.3, -0.25) is 15.0 Å². The normalized spacial score (nSPS) is 11.4. The molecule has 9 nitrogen and oxygen atoms in total. The molecule has 0 saturated carbocycles. The van der Waals surface area contributed by atoms with E-state index in [0.29, 0.717) is 39.4 Å². The number of hydrogen-bond donors (Lipinski definition) is 0. The number of fused-ring (bicyclic) bond motifs is 2. The Kier molecular flexibility index (Phi) is 9.76. The van der Waals surface area contributed by atoms with Gasteiger partial charge in [0, 0.05) is 63.5 Å². The Hall–Kier alpha value is -5.61. The van der Waals surface area contributed by atoms with Gasteiger partial charge in [-0.15, -0.1) is 11.3 Å². The van der Waals surface area contributed by atoms with Gasteiger partial charge in [-0.2, -0.15) is 0 Å². The number of aromatic nitrogens is 3. The van der Waals surface area contributed by atoms with Crippen LogP contribution in [0.2, 0.25) is 0 Å². The zero-order chi connectivity index (χ0) is 35.5. The standard InChI is InChI=1S/C41H38N4O5S/c1-5-7-13-45(14-8-6-2)29-10-9-26-18-30(40(46)49-35(26)19-29)34-24-43-33(23-44-34)27-17-28(22-42-21-27)38-11-12-39(51-38)32-20-31-36(48-4)15-25(3)16-37(31)50-41(32)47/h9-12,15-24H,5-8,13-14H2,1-4H3. The number of ether oxygens (including phenoxy) is 1. The SMILES string of the molecule is CCCCN(CCCC)c1ccc2cc(-c3cnc(-c4cncc(-c5ccc(-c6cc7c(OC)cc(C)cc7oc6=O)s5)c4)cn3)c(=O)oc2c1. The van der Waals surface area contributed by atoms with E-state index in [-0.39, 0.29) is 0 Å². The second-order valence-corrected chi connectivity index (χ2v) is 13.7. The molecule has 258 valence electrons. The highest BCUT2D eigenvalue weighted by Gasteiger charge is 2.16. The summed E-state index contributed by atoms with van der Waals surface area (Å²) in [6, 6.07) is 19.3. The molecule has 10 heteroatoms. The first-order chi connectivity index (χ1) is 24.8. The summed E-state index contributed by atoms with van der Waals surface area (Å²) < 4.78 is 17.1. The summed E-state index contributed by atoms with van der Waals surface area (Å²) >= 11 is 1.47. The van der Waals surface area contributed by atoms with Gasteiger partial charge in [0.25, 0.3) is 0 Å². The van der Waals surface area contributed by atoms with Crippen LogP contribution in [0, 0.1) is 6.92 Å². The quantitative estimate of drug-likeness (QED) is 0.115. The zero-order valence-electron chi connectivity index (χ0n) is 29.1. The summed E-state index contributed by atoms with van der Waals surface area (Å²) in [5.41, 5.74) is 5.67. The first-order valence-electron chi connectivity index (χ1n) is 17.2. The van der Waals surface area contributed by atoms with E-state index in [4.69, 9.17) is 13.6 Å². The molecule has 2 aromatic carbocycles. The number of nitrogens with zero attached hydrogens (tertiary/aromatic N) is 4. The zero-order valence-corrected chi connectivity index (χ0v) is 29.9. The molecule has 0 fully saturated rings. The molecule has 0 unspecified atom stereocenters. The van der Waals surface area contributed by atoms with Gasteiger partial charge in [-0.25, -0.2) is 9.59 Å². The highest BCUT2D eigenvalue weighted by molar-refractivity contribution is 7.18. The van der Waals surface area contributed by atoms with E-state index in [9.17, 15) is 9.59 Å². The Labute approximate surface area is 299 Å². The molecule has 0 aliphatic carbocycles. The lowest BCUT2D eigenvalue weighted by Gasteiger charge is -2.24. The molecule has 0 aliphatic heterocycles. The average molecular weight is 699 g/mol. The lowest BCUT2D eigenvalue weighted by Crippen LogP contribution is -2.25. The lowest BCUT2D eigenvalue weighted by atomic mass is 10.1. The third-order valence-electron chi connectivity index (χ3n) is 8.95. The van der Waals surface area contributed by atoms with Crippen LogP contribution in [-0.2, 0) is 0 Å². The van der Waals surface area contributed by atoms with Gasteiger partial charge in [-0.1, -0.05) is 26.7 Å². The molecule has 5 heterocycles. The minimum absolute atomic E-state index is 0.354. The van der Waals surface area contributed by atoms with E-state index in [2.05, 4.69) is 39.8 Å². The first kappa shape index (κ1) is 33.9. The van der Waals surface area contributed by atoms with Crippen LogP contribution in [0.25, 0.3) is 65.3 Å². The average Bonchev–Trinajstić information content (AvgIpc) is 3.64. The summed E-state index contributed by atoms with van der Waals surface area (Å²) in [5.74, 6) is 0.651. The van der Waals surface area contributed by atoms with Gasteiger partial charge < -0.3 is 18.5 Å². The van der Waals surface area contributed by atoms with Gasteiger partial charge in [0.15, 0.2) is 0 Å². The summed E-state index contributed by atoms with van der Waals surface area (Å²) in [6.07, 6.45) is 11.2. The van der Waals surface area contributed by atoms with E-state index in [1.54, 1.807) is 31.9 Å². The van der Waals surface area contributed by atoms with Crippen molar-refractivity contribution >= 4 is 39.0 Å². The molecule has 0 amide bonds. The Morgan fingerprint density at radius 2 is 1.43 bits per heavy atom. The van der Waals surface area contributed by atoms with Crippen molar-refractivity contribution in [1.82, 2.24) is 15.0 Å². The number of rotatable bonds is 12. The maximum Gasteiger partial charge on any atom is 0.345 e. The first-order valence-corrected chi connectivity index (χ1v) is 18.0. The topological polar surface area (TPSA) is 112 Å². The smallest absolute Gasteiger partial charge is 0.345 e. The van der Waals surface area contributed by atoms with Crippen molar-refractivity contribution in [2.45, 2.75) is 46.5 Å². The van der Waals surface area contributed by atoms with Gasteiger partial charge in [0.05, 0.1) is 47.4 Å². The summed E-state index contributed by atoms with van der Waals surface area (Å²) in [5, 5.41) is 1.56. The largest absolute Gasteiger partial charge is 0.496 e. The van der Waals surface area contributed by atoms with Gasteiger partial charge in [0.1, 0.15) is 16.9 Å². The monoisotopic (exact) mass is 698 g/mol. The van der Waals surface area contributed by atoms with Crippen molar-refractivity contribution in [1.29, 1.82) is 0 Å². The van der Waals surface area contributed by atoms with Crippen LogP contribution in [0.15, 0.2) is 104 Å². The number of hydrogen-bond acceptors (Lipinski definition) is 10. The molecule has 7 aromatic rings. The number of aryl methyl sites for hydroxylation is 1. The Morgan fingerprint density at radius 3 is 2.18 bits per heavy atom. The van der Waals surface area contributed by atoms with E-state index in [1.165, 1.54) is 11.3 Å². The minimum Gasteiger partial charge on any atom is -0.496 e. The minimum atomic E-state index is -0.457. The molecule has 0 spiro atoms. The maximum atomic E-state index is 13.2. The second kappa shape index (κ2) is 14.7. The fraction of sp³-hybridized carbons (Fsp3) is 0.244. The number of unbranched alkanes of at least 4 members (excludes halogenated alkanes) is 2. The number of thiophene rings is 1. The molecule has 0 radical (unpaired) electrons. The molecular weight excluding hydrogens is 661 g/mol. The van der Waals surface area contributed by atoms with Crippen LogP contribution in [-0.4, -0.2) is 35.2 Å². The van der Waals surface area contributed by atoms with Gasteiger partial charge in [-0.05, 0) is 79.9 Å². The molecule has 7 rings (SSSR count). The number of pyridine rings is 1. The maximum absolute atomic E-state index is 13.2.